The number of rotatable bonds is 8. The van der Waals surface area contributed by atoms with Gasteiger partial charge in [-0.25, -0.2) is 14.6 Å². The number of benzene rings is 2. The van der Waals surface area contributed by atoms with Gasteiger partial charge in [0.15, 0.2) is 0 Å². The molecule has 2 heterocycles. The summed E-state index contributed by atoms with van der Waals surface area (Å²) in [5, 5.41) is 11.5. The fraction of sp³-hybridized carbons (Fsp3) is 0.269. The van der Waals surface area contributed by atoms with E-state index in [1.54, 1.807) is 6.07 Å². The summed E-state index contributed by atoms with van der Waals surface area (Å²) in [6.07, 6.45) is 4.41. The number of hydrogen-bond acceptors (Lipinski definition) is 6. The number of hydrogen-bond donors (Lipinski definition) is 3. The van der Waals surface area contributed by atoms with E-state index in [1.807, 2.05) is 54.6 Å². The Kier molecular flexibility index (Phi) is 7.74. The van der Waals surface area contributed by atoms with Crippen LogP contribution in [0.25, 0.3) is 28.4 Å². The second kappa shape index (κ2) is 11.3. The molecule has 3 N–H and O–H groups in total. The van der Waals surface area contributed by atoms with Crippen LogP contribution in [0.1, 0.15) is 24.8 Å². The zero-order valence-corrected chi connectivity index (χ0v) is 19.5. The number of nitrogens with one attached hydrogen (secondary N) is 2. The average molecular weight is 491 g/mol. The highest BCUT2D eigenvalue weighted by molar-refractivity contribution is 5.87. The zero-order valence-electron chi connectivity index (χ0n) is 19.5. The number of carboxylic acid groups (broad SMARTS) is 1. The van der Waals surface area contributed by atoms with E-state index < -0.39 is 24.0 Å². The molecule has 0 aliphatic carbocycles. The first-order valence-corrected chi connectivity index (χ1v) is 11.6. The van der Waals surface area contributed by atoms with Gasteiger partial charge < -0.3 is 25.0 Å². The van der Waals surface area contributed by atoms with Crippen LogP contribution in [0.15, 0.2) is 59.4 Å². The summed E-state index contributed by atoms with van der Waals surface area (Å²) in [6.45, 7) is 0.153. The van der Waals surface area contributed by atoms with Gasteiger partial charge in [-0.15, -0.1) is 0 Å². The number of H-pyrrole nitrogens is 1. The van der Waals surface area contributed by atoms with Crippen LogP contribution >= 0.6 is 0 Å². The Morgan fingerprint density at radius 1 is 1.19 bits per heavy atom. The number of aromatic nitrogens is 2. The second-order valence-corrected chi connectivity index (χ2v) is 8.32. The van der Waals surface area contributed by atoms with Crippen LogP contribution in [0.5, 0.6) is 0 Å². The lowest BCUT2D eigenvalue weighted by atomic mass is 10.1. The normalized spacial score (nSPS) is 15.3. The minimum Gasteiger partial charge on any atom is -0.480 e. The minimum atomic E-state index is -1.04. The second-order valence-electron chi connectivity index (χ2n) is 8.32. The van der Waals surface area contributed by atoms with Crippen molar-refractivity contribution in [2.75, 3.05) is 19.7 Å². The Hall–Kier alpha value is -4.47. The molecule has 0 saturated carbocycles. The van der Waals surface area contributed by atoms with Gasteiger partial charge in [0.1, 0.15) is 18.3 Å². The molecule has 1 saturated heterocycles. The van der Waals surface area contributed by atoms with Gasteiger partial charge in [0.2, 0.25) is 5.91 Å². The Bertz CT molecular complexity index is 1370. The molecule has 4 rings (SSSR count). The SMILES string of the molecule is O=C(NCC(=O)N1CCCC1C(=O)O)OCC/C=C/c1cccc(-c2nc3ccccc3[nH]c2=O)c1. The van der Waals surface area contributed by atoms with Crippen molar-refractivity contribution in [2.45, 2.75) is 25.3 Å². The molecule has 2 aromatic carbocycles. The topological polar surface area (TPSA) is 142 Å². The smallest absolute Gasteiger partial charge is 0.407 e. The lowest BCUT2D eigenvalue weighted by Crippen LogP contribution is -2.45. The van der Waals surface area contributed by atoms with Crippen molar-refractivity contribution in [3.8, 4) is 11.3 Å². The number of aromatic amines is 1. The number of alkyl carbamates (subject to hydrolysis) is 1. The highest BCUT2D eigenvalue weighted by atomic mass is 16.5. The number of amides is 2. The molecule has 1 unspecified atom stereocenters. The van der Waals surface area contributed by atoms with E-state index in [9.17, 15) is 19.2 Å². The molecular formula is C26H26N4O6. The van der Waals surface area contributed by atoms with Crippen LogP contribution < -0.4 is 10.9 Å². The first-order valence-electron chi connectivity index (χ1n) is 11.6. The van der Waals surface area contributed by atoms with E-state index in [1.165, 1.54) is 4.90 Å². The monoisotopic (exact) mass is 490 g/mol. The molecular weight excluding hydrogens is 464 g/mol. The number of para-hydroxylation sites is 2. The molecule has 1 aliphatic rings. The van der Waals surface area contributed by atoms with E-state index in [0.29, 0.717) is 48.1 Å². The van der Waals surface area contributed by atoms with Gasteiger partial charge in [-0.1, -0.05) is 42.5 Å². The van der Waals surface area contributed by atoms with Gasteiger partial charge in [-0.2, -0.15) is 0 Å². The van der Waals surface area contributed by atoms with Crippen molar-refractivity contribution in [3.05, 3.63) is 70.5 Å². The number of aliphatic carboxylic acids is 1. The van der Waals surface area contributed by atoms with E-state index >= 15 is 0 Å². The molecule has 3 aromatic rings. The van der Waals surface area contributed by atoms with Crippen LogP contribution in [-0.2, 0) is 14.3 Å². The van der Waals surface area contributed by atoms with Crippen molar-refractivity contribution in [3.63, 3.8) is 0 Å². The van der Waals surface area contributed by atoms with Crippen molar-refractivity contribution in [1.82, 2.24) is 20.2 Å². The molecule has 2 amide bonds. The van der Waals surface area contributed by atoms with Crippen molar-refractivity contribution >= 4 is 35.1 Å². The molecule has 10 heteroatoms. The maximum atomic E-state index is 12.5. The summed E-state index contributed by atoms with van der Waals surface area (Å²) in [5.41, 5.74) is 2.99. The molecule has 1 fully saturated rings. The molecule has 36 heavy (non-hydrogen) atoms. The third-order valence-corrected chi connectivity index (χ3v) is 5.83. The number of nitrogens with zero attached hydrogens (tertiary/aromatic N) is 2. The summed E-state index contributed by atoms with van der Waals surface area (Å²) in [7, 11) is 0. The predicted molar refractivity (Wildman–Crippen MR) is 133 cm³/mol. The lowest BCUT2D eigenvalue weighted by molar-refractivity contribution is -0.147. The van der Waals surface area contributed by atoms with Gasteiger partial charge in [0.05, 0.1) is 17.6 Å². The van der Waals surface area contributed by atoms with Crippen molar-refractivity contribution in [1.29, 1.82) is 0 Å². The maximum Gasteiger partial charge on any atom is 0.407 e. The van der Waals surface area contributed by atoms with Crippen molar-refractivity contribution < 1.29 is 24.2 Å². The Morgan fingerprint density at radius 3 is 2.86 bits per heavy atom. The molecule has 1 atom stereocenters. The average Bonchev–Trinajstić information content (AvgIpc) is 3.37. The standard InChI is InChI=1S/C26H26N4O6/c31-22(30-13-6-12-21(30)25(33)34)16-27-26(35)36-14-4-3-7-17-8-5-9-18(15-17)23-24(32)29-20-11-2-1-10-19(20)28-23/h1-3,5,7-11,15,21H,4,6,12-14,16H2,(H,27,35)(H,29,32)(H,33,34)/b7-3+. The molecule has 10 nitrogen and oxygen atoms in total. The van der Waals surface area contributed by atoms with Gasteiger partial charge in [0.25, 0.3) is 5.56 Å². The van der Waals surface area contributed by atoms with Gasteiger partial charge in [0, 0.05) is 12.1 Å². The summed E-state index contributed by atoms with van der Waals surface area (Å²) in [6, 6.07) is 13.9. The largest absolute Gasteiger partial charge is 0.480 e. The number of carbonyl (C=O) groups is 3. The number of fused-ring (bicyclic) bond motifs is 1. The van der Waals surface area contributed by atoms with Gasteiger partial charge >= 0.3 is 12.1 Å². The van der Waals surface area contributed by atoms with Crippen LogP contribution in [0.2, 0.25) is 0 Å². The minimum absolute atomic E-state index is 0.101. The maximum absolute atomic E-state index is 12.5. The molecule has 186 valence electrons. The molecule has 0 spiro atoms. The van der Waals surface area contributed by atoms with Crippen LogP contribution in [0, 0.1) is 0 Å². The Labute approximate surface area is 206 Å². The first kappa shape index (κ1) is 24.6. The fourth-order valence-corrected chi connectivity index (χ4v) is 4.08. The summed E-state index contributed by atoms with van der Waals surface area (Å²) in [5.74, 6) is -1.49. The zero-order chi connectivity index (χ0) is 25.5. The Balaban J connectivity index is 1.25. The summed E-state index contributed by atoms with van der Waals surface area (Å²) < 4.78 is 5.07. The van der Waals surface area contributed by atoms with Crippen LogP contribution in [0.4, 0.5) is 4.79 Å². The molecule has 0 bridgehead atoms. The van der Waals surface area contributed by atoms with Crippen LogP contribution in [0.3, 0.4) is 0 Å². The highest BCUT2D eigenvalue weighted by Gasteiger charge is 2.33. The first-order chi connectivity index (χ1) is 17.4. The van der Waals surface area contributed by atoms with Gasteiger partial charge in [-0.05, 0) is 43.0 Å². The fourth-order valence-electron chi connectivity index (χ4n) is 4.08. The van der Waals surface area contributed by atoms with E-state index in [0.717, 1.165) is 5.56 Å². The van der Waals surface area contributed by atoms with E-state index in [4.69, 9.17) is 9.84 Å². The quantitative estimate of drug-likeness (QED) is 0.412. The van der Waals surface area contributed by atoms with Crippen LogP contribution in [-0.4, -0.2) is 63.7 Å². The summed E-state index contributed by atoms with van der Waals surface area (Å²) >= 11 is 0. The molecule has 1 aromatic heterocycles. The molecule has 1 aliphatic heterocycles. The number of ether oxygens (including phenoxy) is 1. The van der Waals surface area contributed by atoms with E-state index in [2.05, 4.69) is 15.3 Å². The Morgan fingerprint density at radius 2 is 2.03 bits per heavy atom. The van der Waals surface area contributed by atoms with Gasteiger partial charge in [-0.3, -0.25) is 9.59 Å². The number of carbonyl (C=O) groups excluding carboxylic acids is 2. The van der Waals surface area contributed by atoms with E-state index in [-0.39, 0.29) is 18.7 Å². The lowest BCUT2D eigenvalue weighted by Gasteiger charge is -2.21. The highest BCUT2D eigenvalue weighted by Crippen LogP contribution is 2.19. The third kappa shape index (κ3) is 5.96. The third-order valence-electron chi connectivity index (χ3n) is 5.83. The number of carboxylic acids is 1. The van der Waals surface area contributed by atoms with Crippen molar-refractivity contribution in [2.24, 2.45) is 0 Å². The number of likely N-dealkylation sites (tertiary alicyclic amines) is 1. The molecule has 0 radical (unpaired) electrons. The predicted octanol–water partition coefficient (Wildman–Crippen LogP) is 2.80. The summed E-state index contributed by atoms with van der Waals surface area (Å²) in [4.78, 5) is 56.3.